The van der Waals surface area contributed by atoms with Crippen LogP contribution in [0.4, 0.5) is 4.39 Å². The van der Waals surface area contributed by atoms with Crippen LogP contribution < -0.4 is 5.32 Å². The van der Waals surface area contributed by atoms with E-state index in [1.165, 1.54) is 44.6 Å². The zero-order valence-corrected chi connectivity index (χ0v) is 14.0. The zero-order valence-electron chi connectivity index (χ0n) is 12.5. The van der Waals surface area contributed by atoms with Crippen LogP contribution in [0.25, 0.3) is 0 Å². The average Bonchev–Trinajstić information content (AvgIpc) is 2.44. The maximum absolute atomic E-state index is 13.3. The van der Waals surface area contributed by atoms with Gasteiger partial charge in [0.25, 0.3) is 0 Å². The van der Waals surface area contributed by atoms with Crippen LogP contribution in [0.1, 0.15) is 64.0 Å². The average molecular weight is 342 g/mol. The first kappa shape index (κ1) is 16.0. The van der Waals surface area contributed by atoms with E-state index in [1.807, 2.05) is 12.1 Å². The van der Waals surface area contributed by atoms with Crippen LogP contribution in [0, 0.1) is 11.7 Å². The summed E-state index contributed by atoms with van der Waals surface area (Å²) in [5, 5.41) is 3.70. The summed E-state index contributed by atoms with van der Waals surface area (Å²) in [6, 6.07) is 6.19. The largest absolute Gasteiger partial charge is 0.307 e. The molecule has 1 saturated carbocycles. The molecule has 0 bridgehead atoms. The first-order valence-corrected chi connectivity index (χ1v) is 8.60. The van der Waals surface area contributed by atoms with E-state index >= 15 is 0 Å². The Morgan fingerprint density at radius 2 is 2.00 bits per heavy atom. The Balaban J connectivity index is 1.85. The van der Waals surface area contributed by atoms with Gasteiger partial charge in [0.2, 0.25) is 0 Å². The third-order valence-electron chi connectivity index (χ3n) is 4.47. The molecule has 1 atom stereocenters. The Morgan fingerprint density at radius 1 is 1.30 bits per heavy atom. The number of rotatable bonds is 5. The Morgan fingerprint density at radius 3 is 2.60 bits per heavy atom. The second-order valence-electron chi connectivity index (χ2n) is 6.07. The Hall–Kier alpha value is -0.410. The highest BCUT2D eigenvalue weighted by molar-refractivity contribution is 9.10. The van der Waals surface area contributed by atoms with Crippen LogP contribution >= 0.6 is 15.9 Å². The highest BCUT2D eigenvalue weighted by atomic mass is 79.9. The molecule has 0 saturated heterocycles. The lowest BCUT2D eigenvalue weighted by atomic mass is 9.83. The molecule has 1 nitrogen and oxygen atoms in total. The van der Waals surface area contributed by atoms with E-state index in [1.54, 1.807) is 0 Å². The van der Waals surface area contributed by atoms with Crippen LogP contribution in [-0.4, -0.2) is 6.04 Å². The maximum Gasteiger partial charge on any atom is 0.137 e. The summed E-state index contributed by atoms with van der Waals surface area (Å²) in [5.41, 5.74) is 1.15. The fourth-order valence-corrected chi connectivity index (χ4v) is 3.65. The Bertz CT molecular complexity index is 427. The zero-order chi connectivity index (χ0) is 14.5. The van der Waals surface area contributed by atoms with Gasteiger partial charge in [-0.25, -0.2) is 4.39 Å². The molecule has 0 radical (unpaired) electrons. The summed E-state index contributed by atoms with van der Waals surface area (Å²) in [6.07, 6.45) is 7.95. The van der Waals surface area contributed by atoms with Gasteiger partial charge in [0.05, 0.1) is 4.47 Å². The van der Waals surface area contributed by atoms with Gasteiger partial charge in [-0.1, -0.05) is 25.8 Å². The minimum absolute atomic E-state index is 0.193. The molecule has 1 aliphatic carbocycles. The van der Waals surface area contributed by atoms with E-state index in [4.69, 9.17) is 0 Å². The number of halogens is 2. The Labute approximate surface area is 130 Å². The van der Waals surface area contributed by atoms with Crippen LogP contribution in [0.5, 0.6) is 0 Å². The van der Waals surface area contributed by atoms with Gasteiger partial charge in [0, 0.05) is 12.1 Å². The monoisotopic (exact) mass is 341 g/mol. The van der Waals surface area contributed by atoms with Crippen LogP contribution in [-0.2, 0) is 0 Å². The van der Waals surface area contributed by atoms with Gasteiger partial charge in [-0.05, 0) is 72.2 Å². The van der Waals surface area contributed by atoms with E-state index in [2.05, 4.69) is 35.1 Å². The lowest BCUT2D eigenvalue weighted by Crippen LogP contribution is -2.35. The van der Waals surface area contributed by atoms with Crippen molar-refractivity contribution in [2.24, 2.45) is 5.92 Å². The number of nitrogens with one attached hydrogen (secondary N) is 1. The molecule has 0 heterocycles. The highest BCUT2D eigenvalue weighted by Gasteiger charge is 2.22. The van der Waals surface area contributed by atoms with E-state index in [0.717, 1.165) is 11.5 Å². The van der Waals surface area contributed by atoms with E-state index in [0.29, 0.717) is 10.5 Å². The molecule has 1 aromatic carbocycles. The molecule has 1 fully saturated rings. The van der Waals surface area contributed by atoms with Crippen molar-refractivity contribution < 1.29 is 4.39 Å². The van der Waals surface area contributed by atoms with Crippen molar-refractivity contribution in [1.29, 1.82) is 0 Å². The van der Waals surface area contributed by atoms with Crippen molar-refractivity contribution in [3.8, 4) is 0 Å². The van der Waals surface area contributed by atoms with Gasteiger partial charge in [0.1, 0.15) is 5.82 Å². The first-order valence-electron chi connectivity index (χ1n) is 7.81. The molecule has 2 rings (SSSR count). The van der Waals surface area contributed by atoms with Gasteiger partial charge < -0.3 is 5.32 Å². The van der Waals surface area contributed by atoms with Crippen LogP contribution in [0.15, 0.2) is 22.7 Å². The van der Waals surface area contributed by atoms with Crippen molar-refractivity contribution in [3.63, 3.8) is 0 Å². The third-order valence-corrected chi connectivity index (χ3v) is 5.08. The van der Waals surface area contributed by atoms with Crippen molar-refractivity contribution in [2.45, 2.75) is 64.5 Å². The van der Waals surface area contributed by atoms with Crippen LogP contribution in [0.2, 0.25) is 0 Å². The smallest absolute Gasteiger partial charge is 0.137 e. The number of hydrogen-bond acceptors (Lipinski definition) is 1. The highest BCUT2D eigenvalue weighted by Crippen LogP contribution is 2.29. The van der Waals surface area contributed by atoms with Crippen LogP contribution in [0.3, 0.4) is 0 Å². The van der Waals surface area contributed by atoms with Crippen molar-refractivity contribution in [3.05, 3.63) is 34.1 Å². The molecule has 1 N–H and O–H groups in total. The maximum atomic E-state index is 13.3. The van der Waals surface area contributed by atoms with Crippen molar-refractivity contribution in [1.82, 2.24) is 5.32 Å². The fraction of sp³-hybridized carbons (Fsp3) is 0.647. The molecule has 1 aromatic rings. The summed E-state index contributed by atoms with van der Waals surface area (Å²) in [5.74, 6) is 0.745. The van der Waals surface area contributed by atoms with E-state index in [-0.39, 0.29) is 11.9 Å². The molecule has 3 heteroatoms. The summed E-state index contributed by atoms with van der Waals surface area (Å²) in [7, 11) is 0. The topological polar surface area (TPSA) is 12.0 Å². The quantitative estimate of drug-likeness (QED) is 0.735. The second kappa shape index (κ2) is 7.56. The van der Waals surface area contributed by atoms with Gasteiger partial charge in [-0.3, -0.25) is 0 Å². The summed E-state index contributed by atoms with van der Waals surface area (Å²) < 4.78 is 13.8. The Kier molecular flexibility index (Phi) is 6.03. The molecular formula is C17H25BrFN. The second-order valence-corrected chi connectivity index (χ2v) is 6.92. The standard InChI is InChI=1S/C17H25BrFN/c1-3-4-13-5-8-15(9-6-13)20-12(2)14-7-10-17(19)16(18)11-14/h7,10-13,15,20H,3-6,8-9H2,1-2H3. The molecule has 1 unspecified atom stereocenters. The molecular weight excluding hydrogens is 317 g/mol. The predicted molar refractivity (Wildman–Crippen MR) is 86.3 cm³/mol. The molecule has 20 heavy (non-hydrogen) atoms. The predicted octanol–water partition coefficient (Wildman–Crippen LogP) is 5.60. The van der Waals surface area contributed by atoms with Gasteiger partial charge in [-0.15, -0.1) is 0 Å². The normalized spacial score (nSPS) is 24.6. The molecule has 0 spiro atoms. The SMILES string of the molecule is CCCC1CCC(NC(C)c2ccc(F)c(Br)c2)CC1. The lowest BCUT2D eigenvalue weighted by Gasteiger charge is -2.31. The van der Waals surface area contributed by atoms with Gasteiger partial charge in [0.15, 0.2) is 0 Å². The summed E-state index contributed by atoms with van der Waals surface area (Å²) in [4.78, 5) is 0. The van der Waals surface area contributed by atoms with Gasteiger partial charge >= 0.3 is 0 Å². The number of benzene rings is 1. The minimum atomic E-state index is -0.193. The molecule has 0 amide bonds. The summed E-state index contributed by atoms with van der Waals surface area (Å²) >= 11 is 3.26. The van der Waals surface area contributed by atoms with E-state index in [9.17, 15) is 4.39 Å². The molecule has 0 aromatic heterocycles. The van der Waals surface area contributed by atoms with Crippen molar-refractivity contribution in [2.75, 3.05) is 0 Å². The van der Waals surface area contributed by atoms with Gasteiger partial charge in [-0.2, -0.15) is 0 Å². The van der Waals surface area contributed by atoms with Crippen molar-refractivity contribution >= 4 is 15.9 Å². The lowest BCUT2D eigenvalue weighted by molar-refractivity contribution is 0.266. The first-order chi connectivity index (χ1) is 9.60. The molecule has 0 aliphatic heterocycles. The summed E-state index contributed by atoms with van der Waals surface area (Å²) in [6.45, 7) is 4.44. The van der Waals surface area contributed by atoms with E-state index < -0.39 is 0 Å². The fourth-order valence-electron chi connectivity index (χ4n) is 3.26. The number of hydrogen-bond donors (Lipinski definition) is 1. The molecule has 112 valence electrons. The third kappa shape index (κ3) is 4.29. The minimum Gasteiger partial charge on any atom is -0.307 e. The molecule has 1 aliphatic rings.